The second-order valence-electron chi connectivity index (χ2n) is 3.52. The summed E-state index contributed by atoms with van der Waals surface area (Å²) in [4.78, 5) is 15.7. The highest BCUT2D eigenvalue weighted by atomic mass is 35.5. The first-order valence-electron chi connectivity index (χ1n) is 4.90. The fourth-order valence-electron chi connectivity index (χ4n) is 1.40. The zero-order valence-electron chi connectivity index (χ0n) is 8.95. The van der Waals surface area contributed by atoms with Crippen LogP contribution in [0.25, 0.3) is 0 Å². The summed E-state index contributed by atoms with van der Waals surface area (Å²) >= 11 is 5.70. The van der Waals surface area contributed by atoms with Crippen LogP contribution in [0, 0.1) is 11.6 Å². The van der Waals surface area contributed by atoms with Crippen molar-refractivity contribution in [3.05, 3.63) is 58.4 Å². The maximum absolute atomic E-state index is 13.5. The molecule has 0 radical (unpaired) electrons. The molecule has 0 unspecified atom stereocenters. The molecular weight excluding hydrogens is 262 g/mol. The molecule has 0 spiro atoms. The van der Waals surface area contributed by atoms with E-state index in [2.05, 4.69) is 4.98 Å². The van der Waals surface area contributed by atoms with E-state index in [0.29, 0.717) is 5.69 Å². The van der Waals surface area contributed by atoms with Crippen molar-refractivity contribution in [3.63, 3.8) is 0 Å². The van der Waals surface area contributed by atoms with Crippen molar-refractivity contribution in [3.8, 4) is 0 Å². The molecular formula is C12H7ClF2N2O. The number of hydrogen-bond acceptors (Lipinski definition) is 3. The first kappa shape index (κ1) is 12.4. The summed E-state index contributed by atoms with van der Waals surface area (Å²) in [5, 5.41) is -0.169. The fraction of sp³-hybridized carbons (Fsp3) is 0. The number of ketones is 1. The second kappa shape index (κ2) is 4.70. The number of nitrogen functional groups attached to an aromatic ring is 1. The van der Waals surface area contributed by atoms with Gasteiger partial charge in [0.1, 0.15) is 5.69 Å². The zero-order chi connectivity index (χ0) is 13.3. The molecule has 1 aromatic heterocycles. The standard InChI is InChI=1S/C12H7ClF2N2O/c13-7-2-3-8(14)11(15)10(7)12(18)9-4-1-6(16)5-17-9/h1-5H,16H2. The molecule has 0 saturated carbocycles. The van der Waals surface area contributed by atoms with E-state index in [1.165, 1.54) is 18.3 Å². The zero-order valence-corrected chi connectivity index (χ0v) is 9.71. The Hall–Kier alpha value is -2.01. The lowest BCUT2D eigenvalue weighted by Crippen LogP contribution is -2.09. The molecule has 0 amide bonds. The first-order chi connectivity index (χ1) is 8.50. The quantitative estimate of drug-likeness (QED) is 0.673. The number of carbonyl (C=O) groups is 1. The van der Waals surface area contributed by atoms with E-state index in [-0.39, 0.29) is 10.7 Å². The van der Waals surface area contributed by atoms with Crippen LogP contribution in [-0.4, -0.2) is 10.8 Å². The highest BCUT2D eigenvalue weighted by Gasteiger charge is 2.21. The number of halogens is 3. The van der Waals surface area contributed by atoms with Crippen LogP contribution in [0.3, 0.4) is 0 Å². The molecule has 3 nitrogen and oxygen atoms in total. The lowest BCUT2D eigenvalue weighted by molar-refractivity contribution is 0.103. The number of rotatable bonds is 2. The molecule has 0 aliphatic rings. The second-order valence-corrected chi connectivity index (χ2v) is 3.93. The van der Waals surface area contributed by atoms with Crippen LogP contribution in [0.1, 0.15) is 16.1 Å². The van der Waals surface area contributed by atoms with Crippen molar-refractivity contribution >= 4 is 23.1 Å². The van der Waals surface area contributed by atoms with Gasteiger partial charge in [-0.2, -0.15) is 0 Å². The van der Waals surface area contributed by atoms with Crippen molar-refractivity contribution in [1.29, 1.82) is 0 Å². The van der Waals surface area contributed by atoms with Gasteiger partial charge in [-0.25, -0.2) is 8.78 Å². The summed E-state index contributed by atoms with van der Waals surface area (Å²) in [5.74, 6) is -3.22. The number of hydrogen-bond donors (Lipinski definition) is 1. The van der Waals surface area contributed by atoms with E-state index >= 15 is 0 Å². The molecule has 2 N–H and O–H groups in total. The van der Waals surface area contributed by atoms with Crippen LogP contribution in [0.15, 0.2) is 30.5 Å². The lowest BCUT2D eigenvalue weighted by Gasteiger charge is -2.05. The highest BCUT2D eigenvalue weighted by molar-refractivity contribution is 6.34. The van der Waals surface area contributed by atoms with Crippen LogP contribution < -0.4 is 5.73 Å². The Bertz CT molecular complexity index is 614. The number of pyridine rings is 1. The fourth-order valence-corrected chi connectivity index (χ4v) is 1.63. The van der Waals surface area contributed by atoms with E-state index in [1.54, 1.807) is 0 Å². The molecule has 0 atom stereocenters. The largest absolute Gasteiger partial charge is 0.397 e. The first-order valence-corrected chi connectivity index (χ1v) is 5.28. The van der Waals surface area contributed by atoms with Gasteiger partial charge >= 0.3 is 0 Å². The van der Waals surface area contributed by atoms with Gasteiger partial charge in [-0.15, -0.1) is 0 Å². The molecule has 1 heterocycles. The number of carbonyl (C=O) groups excluding carboxylic acids is 1. The Morgan fingerprint density at radius 1 is 1.22 bits per heavy atom. The Balaban J connectivity index is 2.52. The highest BCUT2D eigenvalue weighted by Crippen LogP contribution is 2.24. The average molecular weight is 269 g/mol. The molecule has 0 fully saturated rings. The van der Waals surface area contributed by atoms with Crippen molar-refractivity contribution in [1.82, 2.24) is 4.98 Å². The molecule has 0 aliphatic heterocycles. The smallest absolute Gasteiger partial charge is 0.215 e. The summed E-state index contributed by atoms with van der Waals surface area (Å²) in [7, 11) is 0. The number of nitrogens with zero attached hydrogens (tertiary/aromatic N) is 1. The van der Waals surface area contributed by atoms with Gasteiger partial charge < -0.3 is 5.73 Å². The lowest BCUT2D eigenvalue weighted by atomic mass is 10.1. The van der Waals surface area contributed by atoms with Gasteiger partial charge in [0.25, 0.3) is 0 Å². The molecule has 2 rings (SSSR count). The summed E-state index contributed by atoms with van der Waals surface area (Å²) in [5.41, 5.74) is 5.18. The maximum Gasteiger partial charge on any atom is 0.215 e. The van der Waals surface area contributed by atoms with E-state index < -0.39 is 23.0 Å². The third-order valence-electron chi connectivity index (χ3n) is 2.29. The third kappa shape index (κ3) is 2.17. The Morgan fingerprint density at radius 3 is 2.56 bits per heavy atom. The van der Waals surface area contributed by atoms with Crippen LogP contribution in [0.5, 0.6) is 0 Å². The number of nitrogens with two attached hydrogens (primary N) is 1. The third-order valence-corrected chi connectivity index (χ3v) is 2.61. The van der Waals surface area contributed by atoms with Crippen molar-refractivity contribution in [2.45, 2.75) is 0 Å². The van der Waals surface area contributed by atoms with Gasteiger partial charge in [0.2, 0.25) is 5.78 Å². The molecule has 6 heteroatoms. The number of benzene rings is 1. The van der Waals surface area contributed by atoms with Gasteiger partial charge in [0.15, 0.2) is 11.6 Å². The van der Waals surface area contributed by atoms with Gasteiger partial charge in [0.05, 0.1) is 22.5 Å². The molecule has 0 bridgehead atoms. The molecule has 92 valence electrons. The maximum atomic E-state index is 13.5. The summed E-state index contributed by atoms with van der Waals surface area (Å²) < 4.78 is 26.6. The van der Waals surface area contributed by atoms with E-state index in [0.717, 1.165) is 12.1 Å². The van der Waals surface area contributed by atoms with E-state index in [1.807, 2.05) is 0 Å². The monoisotopic (exact) mass is 268 g/mol. The Morgan fingerprint density at radius 2 is 1.94 bits per heavy atom. The topological polar surface area (TPSA) is 56.0 Å². The average Bonchev–Trinajstić information content (AvgIpc) is 2.35. The van der Waals surface area contributed by atoms with Gasteiger partial charge in [-0.3, -0.25) is 9.78 Å². The molecule has 0 saturated heterocycles. The van der Waals surface area contributed by atoms with Crippen LogP contribution in [0.4, 0.5) is 14.5 Å². The SMILES string of the molecule is Nc1ccc(C(=O)c2c(Cl)ccc(F)c2F)nc1. The predicted molar refractivity (Wildman–Crippen MR) is 63.4 cm³/mol. The summed E-state index contributed by atoms with van der Waals surface area (Å²) in [6.07, 6.45) is 1.25. The van der Waals surface area contributed by atoms with Gasteiger partial charge in [-0.1, -0.05) is 11.6 Å². The minimum Gasteiger partial charge on any atom is -0.397 e. The Labute approximate surface area is 106 Å². The summed E-state index contributed by atoms with van der Waals surface area (Å²) in [6, 6.07) is 4.72. The number of aromatic nitrogens is 1. The Kier molecular flexibility index (Phi) is 3.25. The van der Waals surface area contributed by atoms with Crippen LogP contribution >= 0.6 is 11.6 Å². The van der Waals surface area contributed by atoms with Crippen molar-refractivity contribution < 1.29 is 13.6 Å². The van der Waals surface area contributed by atoms with Crippen LogP contribution in [0.2, 0.25) is 5.02 Å². The molecule has 1 aromatic carbocycles. The van der Waals surface area contributed by atoms with Crippen molar-refractivity contribution in [2.75, 3.05) is 5.73 Å². The van der Waals surface area contributed by atoms with Crippen LogP contribution in [-0.2, 0) is 0 Å². The van der Waals surface area contributed by atoms with Gasteiger partial charge in [-0.05, 0) is 24.3 Å². The minimum absolute atomic E-state index is 0.0596. The summed E-state index contributed by atoms with van der Waals surface area (Å²) in [6.45, 7) is 0. The molecule has 2 aromatic rings. The van der Waals surface area contributed by atoms with Gasteiger partial charge in [0, 0.05) is 0 Å². The van der Waals surface area contributed by atoms with E-state index in [4.69, 9.17) is 17.3 Å². The predicted octanol–water partition coefficient (Wildman–Crippen LogP) is 2.83. The number of anilines is 1. The normalized spacial score (nSPS) is 10.4. The molecule has 18 heavy (non-hydrogen) atoms. The van der Waals surface area contributed by atoms with E-state index in [9.17, 15) is 13.6 Å². The minimum atomic E-state index is -1.29. The molecule has 0 aliphatic carbocycles. The van der Waals surface area contributed by atoms with Crippen molar-refractivity contribution in [2.24, 2.45) is 0 Å².